The number of nitrogens with one attached hydrogen (secondary N) is 2. The van der Waals surface area contributed by atoms with Gasteiger partial charge in [-0.2, -0.15) is 0 Å². The summed E-state index contributed by atoms with van der Waals surface area (Å²) in [7, 11) is 0. The maximum absolute atomic E-state index is 13.5. The largest absolute Gasteiger partial charge is 0.338 e. The highest BCUT2D eigenvalue weighted by Crippen LogP contribution is 2.22. The highest BCUT2D eigenvalue weighted by atomic mass is 19.2. The molecule has 27 heavy (non-hydrogen) atoms. The van der Waals surface area contributed by atoms with Crippen molar-refractivity contribution in [3.63, 3.8) is 0 Å². The summed E-state index contributed by atoms with van der Waals surface area (Å²) in [5.74, 6) is -5.35. The molecule has 0 fully saturated rings. The lowest BCUT2D eigenvalue weighted by Gasteiger charge is -2.14. The van der Waals surface area contributed by atoms with E-state index >= 15 is 0 Å². The Kier molecular flexibility index (Phi) is 5.11. The molecule has 0 atom stereocenters. The molecule has 140 valence electrons. The first kappa shape index (κ1) is 18.4. The summed E-state index contributed by atoms with van der Waals surface area (Å²) in [6.07, 6.45) is 0.263. The molecule has 2 N–H and O–H groups in total. The lowest BCUT2D eigenvalue weighted by Crippen LogP contribution is -2.35. The van der Waals surface area contributed by atoms with Crippen molar-refractivity contribution in [2.75, 3.05) is 18.4 Å². The second kappa shape index (κ2) is 7.48. The number of benzene rings is 2. The van der Waals surface area contributed by atoms with Crippen molar-refractivity contribution < 1.29 is 27.6 Å². The average Bonchev–Trinajstić information content (AvgIpc) is 2.90. The second-order valence-corrected chi connectivity index (χ2v) is 5.76. The number of hydrogen-bond donors (Lipinski definition) is 2. The first-order valence-electron chi connectivity index (χ1n) is 8.03. The minimum Gasteiger partial charge on any atom is -0.338 e. The molecule has 0 aromatic heterocycles. The molecule has 4 amide bonds. The van der Waals surface area contributed by atoms with Crippen molar-refractivity contribution >= 4 is 23.5 Å². The minimum atomic E-state index is -1.68. The molecule has 1 heterocycles. The third-order valence-corrected chi connectivity index (χ3v) is 4.01. The Morgan fingerprint density at radius 1 is 0.926 bits per heavy atom. The molecular formula is C18H14F3N3O3. The van der Waals surface area contributed by atoms with Gasteiger partial charge in [0.05, 0.1) is 16.8 Å². The number of rotatable bonds is 5. The topological polar surface area (TPSA) is 78.5 Å². The second-order valence-electron chi connectivity index (χ2n) is 5.76. The maximum atomic E-state index is 13.5. The third kappa shape index (κ3) is 3.62. The molecule has 0 aliphatic carbocycles. The van der Waals surface area contributed by atoms with E-state index in [9.17, 15) is 27.6 Å². The quantitative estimate of drug-likeness (QED) is 0.478. The fourth-order valence-electron chi connectivity index (χ4n) is 2.67. The molecule has 3 rings (SSSR count). The highest BCUT2D eigenvalue weighted by Gasteiger charge is 2.34. The van der Waals surface area contributed by atoms with Gasteiger partial charge in [0, 0.05) is 13.1 Å². The number of fused-ring (bicyclic) bond motifs is 1. The number of hydrogen-bond acceptors (Lipinski definition) is 3. The number of carbonyl (C=O) groups is 3. The van der Waals surface area contributed by atoms with Crippen molar-refractivity contribution in [3.8, 4) is 0 Å². The van der Waals surface area contributed by atoms with Crippen LogP contribution in [-0.2, 0) is 0 Å². The first-order valence-corrected chi connectivity index (χ1v) is 8.03. The van der Waals surface area contributed by atoms with E-state index in [-0.39, 0.29) is 19.5 Å². The molecule has 1 aliphatic heterocycles. The Morgan fingerprint density at radius 3 is 2.19 bits per heavy atom. The average molecular weight is 377 g/mol. The summed E-state index contributed by atoms with van der Waals surface area (Å²) in [6, 6.07) is 7.22. The van der Waals surface area contributed by atoms with Crippen LogP contribution in [0.5, 0.6) is 0 Å². The molecule has 6 nitrogen and oxygen atoms in total. The number of amides is 4. The fourth-order valence-corrected chi connectivity index (χ4v) is 2.67. The van der Waals surface area contributed by atoms with E-state index in [0.29, 0.717) is 17.2 Å². The SMILES string of the molecule is O=C(NCCCN1C(=O)c2ccccc2C1=O)Nc1ccc(F)c(F)c1F. The molecule has 0 unspecified atom stereocenters. The smallest absolute Gasteiger partial charge is 0.319 e. The van der Waals surface area contributed by atoms with Gasteiger partial charge in [0.15, 0.2) is 17.5 Å². The molecule has 2 aromatic carbocycles. The van der Waals surface area contributed by atoms with Crippen LogP contribution in [0.1, 0.15) is 27.1 Å². The predicted octanol–water partition coefficient (Wildman–Crippen LogP) is 2.91. The van der Waals surface area contributed by atoms with Gasteiger partial charge in [0.1, 0.15) is 0 Å². The van der Waals surface area contributed by atoms with E-state index in [1.165, 1.54) is 0 Å². The van der Waals surface area contributed by atoms with Gasteiger partial charge in [-0.05, 0) is 30.7 Å². The molecule has 0 saturated heterocycles. The molecule has 2 aromatic rings. The Hall–Kier alpha value is -3.36. The van der Waals surface area contributed by atoms with Crippen LogP contribution in [0.3, 0.4) is 0 Å². The summed E-state index contributed by atoms with van der Waals surface area (Å²) in [4.78, 5) is 37.1. The number of anilines is 1. The molecule has 0 radical (unpaired) electrons. The number of urea groups is 1. The Balaban J connectivity index is 1.48. The molecular weight excluding hydrogens is 363 g/mol. The summed E-state index contributed by atoms with van der Waals surface area (Å²) in [6.45, 7) is 0.163. The fraction of sp³-hybridized carbons (Fsp3) is 0.167. The van der Waals surface area contributed by atoms with Crippen LogP contribution in [0.15, 0.2) is 36.4 Å². The number of nitrogens with zero attached hydrogens (tertiary/aromatic N) is 1. The molecule has 1 aliphatic rings. The van der Waals surface area contributed by atoms with E-state index in [4.69, 9.17) is 0 Å². The monoisotopic (exact) mass is 377 g/mol. The van der Waals surface area contributed by atoms with Gasteiger partial charge >= 0.3 is 6.03 Å². The Morgan fingerprint density at radius 2 is 1.56 bits per heavy atom. The van der Waals surface area contributed by atoms with Crippen molar-refractivity contribution in [1.29, 1.82) is 0 Å². The lowest BCUT2D eigenvalue weighted by atomic mass is 10.1. The molecule has 9 heteroatoms. The van der Waals surface area contributed by atoms with Crippen LogP contribution >= 0.6 is 0 Å². The van der Waals surface area contributed by atoms with E-state index in [2.05, 4.69) is 10.6 Å². The third-order valence-electron chi connectivity index (χ3n) is 4.01. The summed E-state index contributed by atoms with van der Waals surface area (Å²) in [5.41, 5.74) is 0.163. The normalized spacial score (nSPS) is 12.9. The van der Waals surface area contributed by atoms with Crippen molar-refractivity contribution in [2.24, 2.45) is 0 Å². The molecule has 0 bridgehead atoms. The van der Waals surface area contributed by atoms with Crippen molar-refractivity contribution in [1.82, 2.24) is 10.2 Å². The summed E-state index contributed by atoms with van der Waals surface area (Å²) in [5, 5.41) is 4.44. The van der Waals surface area contributed by atoms with E-state index < -0.39 is 41.0 Å². The highest BCUT2D eigenvalue weighted by molar-refractivity contribution is 6.21. The van der Waals surface area contributed by atoms with E-state index in [1.807, 2.05) is 0 Å². The van der Waals surface area contributed by atoms with Gasteiger partial charge in [0.25, 0.3) is 11.8 Å². The van der Waals surface area contributed by atoms with E-state index in [0.717, 1.165) is 11.0 Å². The van der Waals surface area contributed by atoms with Gasteiger partial charge < -0.3 is 10.6 Å². The summed E-state index contributed by atoms with van der Waals surface area (Å²) < 4.78 is 39.5. The molecule has 0 spiro atoms. The zero-order valence-corrected chi connectivity index (χ0v) is 13.9. The zero-order valence-electron chi connectivity index (χ0n) is 13.9. The molecule has 0 saturated carbocycles. The van der Waals surface area contributed by atoms with Crippen molar-refractivity contribution in [3.05, 3.63) is 65.0 Å². The zero-order chi connectivity index (χ0) is 19.6. The van der Waals surface area contributed by atoms with E-state index in [1.54, 1.807) is 24.3 Å². The lowest BCUT2D eigenvalue weighted by molar-refractivity contribution is 0.0653. The Bertz CT molecular complexity index is 898. The van der Waals surface area contributed by atoms with Crippen LogP contribution in [0.2, 0.25) is 0 Å². The van der Waals surface area contributed by atoms with Gasteiger partial charge in [-0.15, -0.1) is 0 Å². The van der Waals surface area contributed by atoms with Gasteiger partial charge in [0.2, 0.25) is 0 Å². The standard InChI is InChI=1S/C18H14F3N3O3/c19-12-6-7-13(15(21)14(12)20)23-18(27)22-8-3-9-24-16(25)10-4-1-2-5-11(10)17(24)26/h1-2,4-7H,3,8-9H2,(H2,22,23,27). The summed E-state index contributed by atoms with van der Waals surface area (Å²) >= 11 is 0. The van der Waals surface area contributed by atoms with Gasteiger partial charge in [-0.1, -0.05) is 12.1 Å². The van der Waals surface area contributed by atoms with Crippen LogP contribution in [0.4, 0.5) is 23.7 Å². The Labute approximate surface area is 152 Å². The number of halogens is 3. The number of imide groups is 1. The van der Waals surface area contributed by atoms with Crippen molar-refractivity contribution in [2.45, 2.75) is 6.42 Å². The van der Waals surface area contributed by atoms with Crippen LogP contribution < -0.4 is 10.6 Å². The minimum absolute atomic E-state index is 0.0739. The maximum Gasteiger partial charge on any atom is 0.319 e. The van der Waals surface area contributed by atoms with Crippen LogP contribution in [0.25, 0.3) is 0 Å². The van der Waals surface area contributed by atoms with Crippen LogP contribution in [-0.4, -0.2) is 35.8 Å². The predicted molar refractivity (Wildman–Crippen MR) is 89.8 cm³/mol. The number of carbonyl (C=O) groups excluding carboxylic acids is 3. The first-order chi connectivity index (χ1) is 12.9. The van der Waals surface area contributed by atoms with Crippen LogP contribution in [0, 0.1) is 17.5 Å². The van der Waals surface area contributed by atoms with Gasteiger partial charge in [-0.3, -0.25) is 14.5 Å². The van der Waals surface area contributed by atoms with Gasteiger partial charge in [-0.25, -0.2) is 18.0 Å².